The first-order chi connectivity index (χ1) is 16.6. The summed E-state index contributed by atoms with van der Waals surface area (Å²) in [5, 5.41) is 4.53. The largest absolute Gasteiger partial charge is 0.433 e. The van der Waals surface area contributed by atoms with Gasteiger partial charge in [0.15, 0.2) is 11.6 Å². The van der Waals surface area contributed by atoms with Gasteiger partial charge < -0.3 is 20.3 Å². The Morgan fingerprint density at radius 3 is 2.65 bits per heavy atom. The highest BCUT2D eigenvalue weighted by Crippen LogP contribution is 2.33. The summed E-state index contributed by atoms with van der Waals surface area (Å²) in [6, 6.07) is 6.89. The van der Waals surface area contributed by atoms with Gasteiger partial charge in [0.05, 0.1) is 30.3 Å². The normalized spacial score (nSPS) is 17.4. The van der Waals surface area contributed by atoms with Crippen molar-refractivity contribution >= 4 is 23.5 Å². The average molecular weight is 481 g/mol. The molecule has 10 heteroatoms. The minimum Gasteiger partial charge on any atom is -0.433 e. The number of nitrogens with two attached hydrogens (primary N) is 1. The maximum atomic E-state index is 6.13. The summed E-state index contributed by atoms with van der Waals surface area (Å²) >= 11 is 1.59. The quantitative estimate of drug-likeness (QED) is 0.489. The number of anilines is 2. The lowest BCUT2D eigenvalue weighted by Gasteiger charge is -2.28. The Morgan fingerprint density at radius 1 is 1.09 bits per heavy atom. The van der Waals surface area contributed by atoms with E-state index in [1.807, 2.05) is 17.9 Å². The smallest absolute Gasteiger partial charge is 0.263 e. The number of piperidine rings is 1. The van der Waals surface area contributed by atoms with Gasteiger partial charge in [0, 0.05) is 29.2 Å². The highest BCUT2D eigenvalue weighted by Gasteiger charge is 2.20. The number of nitrogens with zero attached hydrogens (tertiary/aromatic N) is 6. The van der Waals surface area contributed by atoms with Gasteiger partial charge in [-0.05, 0) is 83.0 Å². The van der Waals surface area contributed by atoms with E-state index in [4.69, 9.17) is 15.5 Å². The third kappa shape index (κ3) is 5.13. The SMILES string of the molecule is CNSc1cc(-c2cnc(N)c(Oc3cnn(C4CCN(C)CC4)c3)n2)cc(N2CCCC2)c1. The lowest BCUT2D eigenvalue weighted by atomic mass is 10.1. The van der Waals surface area contributed by atoms with E-state index in [1.54, 1.807) is 24.3 Å². The number of benzene rings is 1. The van der Waals surface area contributed by atoms with Gasteiger partial charge >= 0.3 is 0 Å². The second-order valence-electron chi connectivity index (χ2n) is 8.95. The zero-order valence-corrected chi connectivity index (χ0v) is 20.6. The molecule has 3 N–H and O–H groups in total. The van der Waals surface area contributed by atoms with Crippen LogP contribution in [-0.2, 0) is 0 Å². The molecule has 4 heterocycles. The zero-order valence-electron chi connectivity index (χ0n) is 19.8. The van der Waals surface area contributed by atoms with Crippen molar-refractivity contribution in [2.75, 3.05) is 50.9 Å². The Bertz CT molecular complexity index is 1120. The molecule has 3 aromatic rings. The topological polar surface area (TPSA) is 97.4 Å². The van der Waals surface area contributed by atoms with Crippen LogP contribution in [0.1, 0.15) is 31.7 Å². The van der Waals surface area contributed by atoms with E-state index in [1.165, 1.54) is 18.5 Å². The molecule has 2 fully saturated rings. The van der Waals surface area contributed by atoms with Crippen molar-refractivity contribution in [3.05, 3.63) is 36.8 Å². The van der Waals surface area contributed by atoms with Crippen LogP contribution in [0.4, 0.5) is 11.5 Å². The second kappa shape index (κ2) is 10.2. The van der Waals surface area contributed by atoms with Crippen molar-refractivity contribution in [2.45, 2.75) is 36.6 Å². The summed E-state index contributed by atoms with van der Waals surface area (Å²) < 4.78 is 11.2. The molecule has 180 valence electrons. The maximum absolute atomic E-state index is 6.13. The Labute approximate surface area is 204 Å². The van der Waals surface area contributed by atoms with Gasteiger partial charge in [-0.3, -0.25) is 9.40 Å². The molecule has 1 aromatic carbocycles. The number of aromatic nitrogens is 4. The monoisotopic (exact) mass is 480 g/mol. The average Bonchev–Trinajstić information content (AvgIpc) is 3.54. The highest BCUT2D eigenvalue weighted by atomic mass is 32.2. The summed E-state index contributed by atoms with van der Waals surface area (Å²) in [5.41, 5.74) is 9.05. The van der Waals surface area contributed by atoms with Crippen molar-refractivity contribution in [1.82, 2.24) is 29.4 Å². The summed E-state index contributed by atoms with van der Waals surface area (Å²) in [4.78, 5) is 15.0. The summed E-state index contributed by atoms with van der Waals surface area (Å²) in [6.07, 6.45) is 9.97. The predicted molar refractivity (Wildman–Crippen MR) is 136 cm³/mol. The minimum atomic E-state index is 0.260. The third-order valence-electron chi connectivity index (χ3n) is 6.50. The van der Waals surface area contributed by atoms with Crippen LogP contribution in [0.2, 0.25) is 0 Å². The van der Waals surface area contributed by atoms with Crippen molar-refractivity contribution < 1.29 is 4.74 Å². The molecule has 2 aromatic heterocycles. The molecule has 0 radical (unpaired) electrons. The minimum absolute atomic E-state index is 0.260. The number of rotatable bonds is 7. The molecular weight excluding hydrogens is 448 g/mol. The molecule has 9 nitrogen and oxygen atoms in total. The van der Waals surface area contributed by atoms with Crippen molar-refractivity contribution in [3.8, 4) is 22.9 Å². The fraction of sp³-hybridized carbons (Fsp3) is 0.458. The first-order valence-corrected chi connectivity index (χ1v) is 12.7. The van der Waals surface area contributed by atoms with E-state index < -0.39 is 0 Å². The first kappa shape index (κ1) is 22.9. The summed E-state index contributed by atoms with van der Waals surface area (Å²) in [6.45, 7) is 4.31. The van der Waals surface area contributed by atoms with Crippen LogP contribution in [-0.4, -0.2) is 64.9 Å². The highest BCUT2D eigenvalue weighted by molar-refractivity contribution is 7.97. The Kier molecular flexibility index (Phi) is 6.89. The standard InChI is InChI=1S/C24H32N8OS/c1-26-34-21-12-17(11-19(13-21)31-7-3-4-8-31)22-15-27-23(25)24(29-22)33-20-14-28-32(16-20)18-5-9-30(2)10-6-18/h11-16,18,26H,3-10H2,1-2H3,(H2,25,27). The molecule has 0 unspecified atom stereocenters. The lowest BCUT2D eigenvalue weighted by Crippen LogP contribution is -2.31. The molecule has 34 heavy (non-hydrogen) atoms. The number of hydrogen-bond donors (Lipinski definition) is 2. The summed E-state index contributed by atoms with van der Waals surface area (Å²) in [5.74, 6) is 1.18. The third-order valence-corrected chi connectivity index (χ3v) is 7.18. The molecule has 2 saturated heterocycles. The predicted octanol–water partition coefficient (Wildman–Crippen LogP) is 3.81. The fourth-order valence-electron chi connectivity index (χ4n) is 4.61. The van der Waals surface area contributed by atoms with Gasteiger partial charge in [0.25, 0.3) is 5.88 Å². The molecule has 0 aliphatic carbocycles. The molecule has 0 bridgehead atoms. The van der Waals surface area contributed by atoms with Crippen LogP contribution < -0.4 is 20.1 Å². The van der Waals surface area contributed by atoms with Crippen LogP contribution in [0, 0.1) is 0 Å². The van der Waals surface area contributed by atoms with Crippen molar-refractivity contribution in [2.24, 2.45) is 0 Å². The van der Waals surface area contributed by atoms with E-state index in [9.17, 15) is 0 Å². The van der Waals surface area contributed by atoms with E-state index in [-0.39, 0.29) is 5.82 Å². The lowest BCUT2D eigenvalue weighted by molar-refractivity contribution is 0.212. The van der Waals surface area contributed by atoms with Crippen molar-refractivity contribution in [3.63, 3.8) is 0 Å². The molecule has 2 aliphatic heterocycles. The second-order valence-corrected chi connectivity index (χ2v) is 10.0. The maximum Gasteiger partial charge on any atom is 0.263 e. The van der Waals surface area contributed by atoms with E-state index in [2.05, 4.69) is 49.9 Å². The van der Waals surface area contributed by atoms with E-state index >= 15 is 0 Å². The zero-order chi connectivity index (χ0) is 23.5. The van der Waals surface area contributed by atoms with Crippen LogP contribution in [0.25, 0.3) is 11.3 Å². The van der Waals surface area contributed by atoms with Gasteiger partial charge in [-0.15, -0.1) is 0 Å². The van der Waals surface area contributed by atoms with Gasteiger partial charge in [0.2, 0.25) is 0 Å². The van der Waals surface area contributed by atoms with Gasteiger partial charge in [-0.1, -0.05) is 0 Å². The molecule has 2 aliphatic rings. The number of nitrogens with one attached hydrogen (secondary N) is 1. The van der Waals surface area contributed by atoms with Crippen LogP contribution in [0.15, 0.2) is 41.7 Å². The van der Waals surface area contributed by atoms with Gasteiger partial charge in [-0.2, -0.15) is 5.10 Å². The number of nitrogen functional groups attached to an aromatic ring is 1. The molecular formula is C24H32N8OS. The van der Waals surface area contributed by atoms with Crippen molar-refractivity contribution in [1.29, 1.82) is 0 Å². The number of hydrogen-bond acceptors (Lipinski definition) is 9. The van der Waals surface area contributed by atoms with Gasteiger partial charge in [0.1, 0.15) is 0 Å². The Morgan fingerprint density at radius 2 is 1.88 bits per heavy atom. The molecule has 0 saturated carbocycles. The van der Waals surface area contributed by atoms with E-state index in [0.717, 1.165) is 55.2 Å². The fourth-order valence-corrected chi connectivity index (χ4v) is 5.21. The Balaban J connectivity index is 1.39. The summed E-state index contributed by atoms with van der Waals surface area (Å²) in [7, 11) is 4.08. The molecule has 0 spiro atoms. The van der Waals surface area contributed by atoms with Crippen LogP contribution in [0.3, 0.4) is 0 Å². The number of likely N-dealkylation sites (tertiary alicyclic amines) is 1. The van der Waals surface area contributed by atoms with E-state index in [0.29, 0.717) is 17.7 Å². The number of ether oxygens (including phenoxy) is 1. The van der Waals surface area contributed by atoms with Gasteiger partial charge in [-0.25, -0.2) is 9.97 Å². The van der Waals surface area contributed by atoms with Crippen LogP contribution >= 0.6 is 11.9 Å². The molecule has 5 rings (SSSR count). The molecule has 0 atom stereocenters. The Hall–Kier alpha value is -2.82. The molecule has 0 amide bonds. The first-order valence-electron chi connectivity index (χ1n) is 11.9. The van der Waals surface area contributed by atoms with Crippen LogP contribution in [0.5, 0.6) is 11.6 Å².